The van der Waals surface area contributed by atoms with Gasteiger partial charge < -0.3 is 5.32 Å². The largest absolute Gasteiger partial charge is 0.389 e. The summed E-state index contributed by atoms with van der Waals surface area (Å²) in [5, 5.41) is 3.29. The average molecular weight is 164 g/mol. The van der Waals surface area contributed by atoms with E-state index in [0.717, 1.165) is 13.0 Å². The highest BCUT2D eigenvalue weighted by atomic mass is 35.5. The maximum Gasteiger partial charge on any atom is 0.0141 e. The molecule has 0 aliphatic heterocycles. The number of halogens is 1. The summed E-state index contributed by atoms with van der Waals surface area (Å²) < 4.78 is 0. The molecule has 62 valence electrons. The van der Waals surface area contributed by atoms with E-state index in [4.69, 9.17) is 0 Å². The molecular weight excluding hydrogens is 146 g/mol. The van der Waals surface area contributed by atoms with Crippen LogP contribution in [-0.4, -0.2) is 6.54 Å². The Balaban J connectivity index is 0. The van der Waals surface area contributed by atoms with Crippen molar-refractivity contribution in [1.29, 1.82) is 0 Å². The van der Waals surface area contributed by atoms with E-state index in [-0.39, 0.29) is 12.4 Å². The molecule has 0 aliphatic rings. The molecule has 1 N–H and O–H groups in total. The highest BCUT2D eigenvalue weighted by Crippen LogP contribution is 1.88. The first-order valence-electron chi connectivity index (χ1n) is 3.71. The summed E-state index contributed by atoms with van der Waals surface area (Å²) in [6.45, 7) is 7.53. The van der Waals surface area contributed by atoms with Gasteiger partial charge in [-0.25, -0.2) is 0 Å². The highest BCUT2D eigenvalue weighted by molar-refractivity contribution is 5.85. The van der Waals surface area contributed by atoms with Gasteiger partial charge in [0.1, 0.15) is 0 Å². The third-order valence-electron chi connectivity index (χ3n) is 1.16. The van der Waals surface area contributed by atoms with Crippen molar-refractivity contribution in [3.63, 3.8) is 0 Å². The fourth-order valence-electron chi connectivity index (χ4n) is 0.701. The summed E-state index contributed by atoms with van der Waals surface area (Å²) in [4.78, 5) is 0. The van der Waals surface area contributed by atoms with Gasteiger partial charge in [-0.3, -0.25) is 0 Å². The van der Waals surface area contributed by atoms with Crippen molar-refractivity contribution < 1.29 is 0 Å². The molecule has 0 aromatic heterocycles. The summed E-state index contributed by atoms with van der Waals surface area (Å²) >= 11 is 0. The second-order valence-electron chi connectivity index (χ2n) is 2.22. The van der Waals surface area contributed by atoms with Gasteiger partial charge in [0, 0.05) is 12.2 Å². The van der Waals surface area contributed by atoms with E-state index in [2.05, 4.69) is 32.2 Å². The number of hydrogen-bond donors (Lipinski definition) is 1. The van der Waals surface area contributed by atoms with Crippen LogP contribution >= 0.6 is 12.4 Å². The Bertz CT molecular complexity index is 89.3. The minimum absolute atomic E-state index is 0. The van der Waals surface area contributed by atoms with E-state index in [1.807, 2.05) is 0 Å². The van der Waals surface area contributed by atoms with Gasteiger partial charge in [-0.15, -0.1) is 12.4 Å². The summed E-state index contributed by atoms with van der Waals surface area (Å²) in [6.07, 6.45) is 4.53. The Morgan fingerprint density at radius 2 is 2.00 bits per heavy atom. The van der Waals surface area contributed by atoms with E-state index in [1.165, 1.54) is 12.1 Å². The molecule has 2 heteroatoms. The monoisotopic (exact) mass is 163 g/mol. The van der Waals surface area contributed by atoms with Crippen molar-refractivity contribution in [1.82, 2.24) is 5.32 Å². The van der Waals surface area contributed by atoms with Crippen LogP contribution in [0, 0.1) is 0 Å². The molecule has 0 fully saturated rings. The zero-order chi connectivity index (χ0) is 7.11. The highest BCUT2D eigenvalue weighted by Gasteiger charge is 1.81. The molecule has 0 bridgehead atoms. The molecule has 0 unspecified atom stereocenters. The zero-order valence-electron chi connectivity index (χ0n) is 7.11. The van der Waals surface area contributed by atoms with Crippen LogP contribution in [0.2, 0.25) is 0 Å². The van der Waals surface area contributed by atoms with Gasteiger partial charge in [-0.1, -0.05) is 19.9 Å². The minimum atomic E-state index is 0. The van der Waals surface area contributed by atoms with Crippen molar-refractivity contribution in [3.8, 4) is 0 Å². The first kappa shape index (κ1) is 12.5. The Hall–Kier alpha value is -0.170. The van der Waals surface area contributed by atoms with Gasteiger partial charge in [0.2, 0.25) is 0 Å². The molecule has 10 heavy (non-hydrogen) atoms. The predicted octanol–water partition coefficient (Wildman–Crippen LogP) is 2.72. The number of nitrogens with one attached hydrogen (secondary N) is 1. The van der Waals surface area contributed by atoms with Gasteiger partial charge in [0.25, 0.3) is 0 Å². The van der Waals surface area contributed by atoms with E-state index in [9.17, 15) is 0 Å². The van der Waals surface area contributed by atoms with Crippen LogP contribution in [0.15, 0.2) is 11.8 Å². The smallest absolute Gasteiger partial charge is 0.0141 e. The van der Waals surface area contributed by atoms with E-state index < -0.39 is 0 Å². The molecule has 0 spiro atoms. The molecule has 0 heterocycles. The van der Waals surface area contributed by atoms with Crippen LogP contribution in [0.25, 0.3) is 0 Å². The molecular formula is C8H18ClN. The first-order chi connectivity index (χ1) is 4.31. The summed E-state index contributed by atoms with van der Waals surface area (Å²) in [5.41, 5.74) is 1.30. The molecule has 0 saturated carbocycles. The second kappa shape index (κ2) is 8.83. The molecule has 1 nitrogen and oxygen atoms in total. The predicted molar refractivity (Wildman–Crippen MR) is 49.6 cm³/mol. The van der Waals surface area contributed by atoms with E-state index in [1.54, 1.807) is 0 Å². The summed E-state index contributed by atoms with van der Waals surface area (Å²) in [7, 11) is 0. The van der Waals surface area contributed by atoms with Crippen LogP contribution in [0.4, 0.5) is 0 Å². The third-order valence-corrected chi connectivity index (χ3v) is 1.16. The Labute approximate surface area is 70.3 Å². The quantitative estimate of drug-likeness (QED) is 0.672. The van der Waals surface area contributed by atoms with Crippen LogP contribution < -0.4 is 5.32 Å². The van der Waals surface area contributed by atoms with Crippen molar-refractivity contribution in [2.75, 3.05) is 6.54 Å². The van der Waals surface area contributed by atoms with Gasteiger partial charge in [0.15, 0.2) is 0 Å². The number of allylic oxidation sites excluding steroid dienone is 2. The van der Waals surface area contributed by atoms with Crippen molar-refractivity contribution in [2.45, 2.75) is 33.6 Å². The Kier molecular flexibility index (Phi) is 11.0. The lowest BCUT2D eigenvalue weighted by Gasteiger charge is -2.02. The fraction of sp³-hybridized carbons (Fsp3) is 0.750. The van der Waals surface area contributed by atoms with E-state index >= 15 is 0 Å². The lowest BCUT2D eigenvalue weighted by Crippen LogP contribution is -2.11. The summed E-state index contributed by atoms with van der Waals surface area (Å²) in [6, 6.07) is 0. The first-order valence-corrected chi connectivity index (χ1v) is 3.71. The van der Waals surface area contributed by atoms with Gasteiger partial charge in [-0.2, -0.15) is 0 Å². The molecule has 0 radical (unpaired) electrons. The molecule has 0 saturated heterocycles. The zero-order valence-corrected chi connectivity index (χ0v) is 7.92. The molecule has 0 amide bonds. The Morgan fingerprint density at radius 1 is 1.40 bits per heavy atom. The molecule has 0 atom stereocenters. The molecule has 0 aromatic carbocycles. The average Bonchev–Trinajstić information content (AvgIpc) is 1.85. The second-order valence-corrected chi connectivity index (χ2v) is 2.22. The van der Waals surface area contributed by atoms with Crippen molar-refractivity contribution in [2.24, 2.45) is 0 Å². The van der Waals surface area contributed by atoms with Gasteiger partial charge in [0.05, 0.1) is 0 Å². The summed E-state index contributed by atoms with van der Waals surface area (Å²) in [5.74, 6) is 0. The maximum absolute atomic E-state index is 3.29. The molecule has 0 aromatic rings. The number of rotatable bonds is 4. The molecule has 0 aliphatic carbocycles. The minimum Gasteiger partial charge on any atom is -0.389 e. The molecule has 0 rings (SSSR count). The van der Waals surface area contributed by atoms with Gasteiger partial charge >= 0.3 is 0 Å². The fourth-order valence-corrected chi connectivity index (χ4v) is 0.701. The number of hydrogen-bond acceptors (Lipinski definition) is 1. The maximum atomic E-state index is 3.29. The van der Waals surface area contributed by atoms with Crippen LogP contribution in [0.3, 0.4) is 0 Å². The third kappa shape index (κ3) is 7.83. The normalized spacial score (nSPS) is 10.5. The van der Waals surface area contributed by atoms with Crippen LogP contribution in [-0.2, 0) is 0 Å². The van der Waals surface area contributed by atoms with Crippen LogP contribution in [0.1, 0.15) is 33.6 Å². The SMILES string of the molecule is CCC=C(C)NCCC.Cl. The van der Waals surface area contributed by atoms with Gasteiger partial charge in [-0.05, 0) is 19.8 Å². The van der Waals surface area contributed by atoms with Crippen molar-refractivity contribution in [3.05, 3.63) is 11.8 Å². The topological polar surface area (TPSA) is 12.0 Å². The lowest BCUT2D eigenvalue weighted by atomic mass is 10.3. The van der Waals surface area contributed by atoms with E-state index in [0.29, 0.717) is 0 Å². The van der Waals surface area contributed by atoms with Crippen molar-refractivity contribution >= 4 is 12.4 Å². The standard InChI is InChI=1S/C8H17N.ClH/c1-4-6-8(3)9-7-5-2;/h6,9H,4-5,7H2,1-3H3;1H. The Morgan fingerprint density at radius 3 is 2.40 bits per heavy atom. The van der Waals surface area contributed by atoms with Crippen LogP contribution in [0.5, 0.6) is 0 Å². The lowest BCUT2D eigenvalue weighted by molar-refractivity contribution is 0.765.